The van der Waals surface area contributed by atoms with E-state index in [-0.39, 0.29) is 0 Å². The molecule has 1 fully saturated rings. The molecule has 64 valence electrons. The molecule has 0 aromatic rings. The molecule has 0 bridgehead atoms. The maximum absolute atomic E-state index is 11.1. The molecule has 0 amide bonds. The fraction of sp³-hybridized carbons (Fsp3) is 1.00. The molecule has 0 atom stereocenters. The highest BCUT2D eigenvalue weighted by Gasteiger charge is 2.23. The van der Waals surface area contributed by atoms with Crippen LogP contribution in [0.15, 0.2) is 0 Å². The van der Waals surface area contributed by atoms with Gasteiger partial charge in [0.2, 0.25) is 0 Å². The van der Waals surface area contributed by atoms with Crippen LogP contribution in [-0.2, 0) is 9.73 Å². The Morgan fingerprint density at radius 1 is 1.55 bits per heavy atom. The van der Waals surface area contributed by atoms with E-state index in [1.165, 1.54) is 0 Å². The molecule has 1 heterocycles. The second-order valence-electron chi connectivity index (χ2n) is 2.89. The summed E-state index contributed by atoms with van der Waals surface area (Å²) in [7, 11) is -2.77. The van der Waals surface area contributed by atoms with E-state index >= 15 is 0 Å². The van der Waals surface area contributed by atoms with Crippen LogP contribution < -0.4 is 0 Å². The minimum atomic E-state index is -2.30. The summed E-state index contributed by atoms with van der Waals surface area (Å²) in [6.07, 6.45) is 0. The molecular weight excluding hydrogens is 163 g/mol. The van der Waals surface area contributed by atoms with Crippen LogP contribution in [0.2, 0.25) is 6.82 Å². The molecule has 1 rings (SSSR count). The predicted molar refractivity (Wildman–Crippen MR) is 46.0 cm³/mol. The molecule has 0 saturated carbocycles. The van der Waals surface area contributed by atoms with Crippen LogP contribution in [0.3, 0.4) is 0 Å². The number of rotatable bonds is 1. The van der Waals surface area contributed by atoms with Crippen LogP contribution in [0.5, 0.6) is 0 Å². The normalized spacial score (nSPS) is 24.9. The van der Waals surface area contributed by atoms with Crippen molar-refractivity contribution in [3.8, 4) is 0 Å². The third-order valence-corrected chi connectivity index (χ3v) is 3.63. The van der Waals surface area contributed by atoms with E-state index in [1.54, 1.807) is 6.82 Å². The van der Waals surface area contributed by atoms with Crippen molar-refractivity contribution in [3.05, 3.63) is 0 Å². The highest BCUT2D eigenvalue weighted by Crippen LogP contribution is 2.04. The summed E-state index contributed by atoms with van der Waals surface area (Å²) >= 11 is 0. The first-order valence-corrected chi connectivity index (χ1v) is 5.57. The molecule has 0 spiro atoms. The number of hydrogen-bond donors (Lipinski definition) is 2. The van der Waals surface area contributed by atoms with E-state index in [9.17, 15) is 4.21 Å². The minimum absolute atomic E-state index is 0.401. The summed E-state index contributed by atoms with van der Waals surface area (Å²) in [6, 6.07) is 0. The fourth-order valence-corrected chi connectivity index (χ4v) is 2.38. The fourth-order valence-electron chi connectivity index (χ4n) is 1.12. The zero-order chi connectivity index (χ0) is 8.48. The Morgan fingerprint density at radius 3 is 2.36 bits per heavy atom. The van der Waals surface area contributed by atoms with E-state index in [0.717, 1.165) is 0 Å². The molecule has 11 heavy (non-hydrogen) atoms. The zero-order valence-corrected chi connectivity index (χ0v) is 7.43. The topological polar surface area (TPSA) is 64.4 Å². The van der Waals surface area contributed by atoms with Gasteiger partial charge in [0.25, 0.3) is 0 Å². The van der Waals surface area contributed by atoms with Gasteiger partial charge in [0, 0.05) is 34.3 Å². The summed E-state index contributed by atoms with van der Waals surface area (Å²) in [5, 5.41) is 9.12. The van der Waals surface area contributed by atoms with E-state index in [0.29, 0.717) is 24.6 Å². The lowest BCUT2D eigenvalue weighted by Gasteiger charge is -2.28. The van der Waals surface area contributed by atoms with Gasteiger partial charge in [-0.2, -0.15) is 0 Å². The van der Waals surface area contributed by atoms with Crippen molar-refractivity contribution in [2.24, 2.45) is 0 Å². The SMILES string of the molecule is CB(O)N1CCS(=N)(=O)CC1. The standard InChI is InChI=1S/C5H13BN2O2S/c1-6(9)8-2-4-11(7,10)5-3-8/h7,9H,2-5H2,1H3. The van der Waals surface area contributed by atoms with Crippen LogP contribution in [0.4, 0.5) is 0 Å². The molecule has 0 aliphatic carbocycles. The summed E-state index contributed by atoms with van der Waals surface area (Å²) < 4.78 is 18.4. The van der Waals surface area contributed by atoms with Crippen molar-refractivity contribution in [3.63, 3.8) is 0 Å². The number of nitrogens with one attached hydrogen (secondary N) is 1. The largest absolute Gasteiger partial charge is 0.437 e. The van der Waals surface area contributed by atoms with Crippen LogP contribution in [0.1, 0.15) is 0 Å². The molecule has 0 aromatic carbocycles. The van der Waals surface area contributed by atoms with Gasteiger partial charge >= 0.3 is 7.05 Å². The van der Waals surface area contributed by atoms with E-state index in [2.05, 4.69) is 0 Å². The zero-order valence-electron chi connectivity index (χ0n) is 6.62. The van der Waals surface area contributed by atoms with Gasteiger partial charge in [-0.3, -0.25) is 4.78 Å². The molecular formula is C5H13BN2O2S. The van der Waals surface area contributed by atoms with Gasteiger partial charge in [0.05, 0.1) is 0 Å². The van der Waals surface area contributed by atoms with Crippen LogP contribution in [-0.4, -0.2) is 45.7 Å². The lowest BCUT2D eigenvalue weighted by Crippen LogP contribution is -2.47. The van der Waals surface area contributed by atoms with Crippen LogP contribution >= 0.6 is 0 Å². The average molecular weight is 176 g/mol. The van der Waals surface area contributed by atoms with E-state index < -0.39 is 16.8 Å². The van der Waals surface area contributed by atoms with Gasteiger partial charge in [-0.15, -0.1) is 0 Å². The Balaban J connectivity index is 2.49. The minimum Gasteiger partial charge on any atom is -0.437 e. The summed E-state index contributed by atoms with van der Waals surface area (Å²) in [5.74, 6) is 0.801. The Kier molecular flexibility index (Phi) is 2.56. The average Bonchev–Trinajstić information content (AvgIpc) is 1.86. The summed E-state index contributed by atoms with van der Waals surface area (Å²) in [6.45, 7) is 2.86. The van der Waals surface area contributed by atoms with Gasteiger partial charge in [-0.1, -0.05) is 0 Å². The molecule has 1 aliphatic rings. The second kappa shape index (κ2) is 3.12. The Hall–Kier alpha value is -0.0651. The van der Waals surface area contributed by atoms with Gasteiger partial charge in [-0.05, 0) is 6.82 Å². The van der Waals surface area contributed by atoms with Crippen molar-refractivity contribution < 1.29 is 9.23 Å². The van der Waals surface area contributed by atoms with Crippen molar-refractivity contribution in [1.82, 2.24) is 4.81 Å². The van der Waals surface area contributed by atoms with Crippen LogP contribution in [0, 0.1) is 4.78 Å². The summed E-state index contributed by atoms with van der Waals surface area (Å²) in [5.41, 5.74) is 0. The second-order valence-corrected chi connectivity index (χ2v) is 5.33. The third-order valence-electron chi connectivity index (χ3n) is 1.94. The van der Waals surface area contributed by atoms with Gasteiger partial charge in [0.1, 0.15) is 0 Å². The number of nitrogens with zero attached hydrogens (tertiary/aromatic N) is 1. The summed E-state index contributed by atoms with van der Waals surface area (Å²) in [4.78, 5) is 1.83. The molecule has 0 aromatic heterocycles. The lowest BCUT2D eigenvalue weighted by atomic mass is 9.85. The Labute approximate surface area is 67.7 Å². The quantitative estimate of drug-likeness (QED) is 0.527. The Bertz CT molecular complexity index is 213. The maximum atomic E-state index is 11.1. The van der Waals surface area contributed by atoms with Gasteiger partial charge in [-0.25, -0.2) is 4.21 Å². The molecule has 0 radical (unpaired) electrons. The molecule has 1 saturated heterocycles. The molecule has 2 N–H and O–H groups in total. The smallest absolute Gasteiger partial charge is 0.376 e. The monoisotopic (exact) mass is 176 g/mol. The van der Waals surface area contributed by atoms with Crippen LogP contribution in [0.25, 0.3) is 0 Å². The van der Waals surface area contributed by atoms with E-state index in [4.69, 9.17) is 9.80 Å². The Morgan fingerprint density at radius 2 is 2.00 bits per heavy atom. The van der Waals surface area contributed by atoms with Crippen molar-refractivity contribution in [2.75, 3.05) is 24.6 Å². The highest BCUT2D eigenvalue weighted by atomic mass is 32.2. The van der Waals surface area contributed by atoms with E-state index in [1.807, 2.05) is 4.81 Å². The maximum Gasteiger partial charge on any atom is 0.376 e. The third kappa shape index (κ3) is 2.46. The molecule has 6 heteroatoms. The molecule has 1 aliphatic heterocycles. The molecule has 4 nitrogen and oxygen atoms in total. The van der Waals surface area contributed by atoms with Crippen molar-refractivity contribution in [2.45, 2.75) is 6.82 Å². The lowest BCUT2D eigenvalue weighted by molar-refractivity contribution is 0.388. The molecule has 0 unspecified atom stereocenters. The first-order chi connectivity index (χ1) is 5.01. The van der Waals surface area contributed by atoms with Crippen molar-refractivity contribution >= 4 is 16.8 Å². The van der Waals surface area contributed by atoms with Gasteiger partial charge in [0.15, 0.2) is 0 Å². The predicted octanol–water partition coefficient (Wildman–Crippen LogP) is -0.541. The van der Waals surface area contributed by atoms with Crippen molar-refractivity contribution in [1.29, 1.82) is 4.78 Å². The number of hydrogen-bond acceptors (Lipinski definition) is 4. The first kappa shape index (κ1) is 9.03. The highest BCUT2D eigenvalue weighted by molar-refractivity contribution is 7.92. The van der Waals surface area contributed by atoms with Gasteiger partial charge < -0.3 is 9.83 Å². The first-order valence-electron chi connectivity index (χ1n) is 3.67.